The molecule has 3 rings (SSSR count). The number of ether oxygens (including phenoxy) is 1. The smallest absolute Gasteiger partial charge is 0.336 e. The molecule has 46 heavy (non-hydrogen) atoms. The highest BCUT2D eigenvalue weighted by molar-refractivity contribution is 6.53. The maximum absolute atomic E-state index is 10.3. The van der Waals surface area contributed by atoms with Crippen LogP contribution in [0.1, 0.15) is 69.1 Å². The number of hydrogen-bond acceptors (Lipinski definition) is 6. The van der Waals surface area contributed by atoms with E-state index in [1.807, 2.05) is 60.7 Å². The molecule has 3 aromatic carbocycles. The zero-order valence-electron chi connectivity index (χ0n) is 26.4. The predicted octanol–water partition coefficient (Wildman–Crippen LogP) is 6.87. The molecule has 0 heterocycles. The summed E-state index contributed by atoms with van der Waals surface area (Å²) in [6.45, 7) is 8.73. The van der Waals surface area contributed by atoms with Gasteiger partial charge < -0.3 is 30.1 Å². The van der Waals surface area contributed by atoms with E-state index in [0.29, 0.717) is 0 Å². The second-order valence-corrected chi connectivity index (χ2v) is 11.1. The molecule has 0 spiro atoms. The SMILES string of the molecule is CCN(CC)CCCCCCOc1ccc(C(=C(Cl)c2ccccc2)c2ccccc2)cc1.O=C(O)CC(O)(CC(=O)O)C(=O)O. The summed E-state index contributed by atoms with van der Waals surface area (Å²) >= 11 is 6.91. The van der Waals surface area contributed by atoms with Gasteiger partial charge in [-0.1, -0.05) is 111 Å². The van der Waals surface area contributed by atoms with E-state index in [1.165, 1.54) is 25.8 Å². The van der Waals surface area contributed by atoms with E-state index in [1.54, 1.807) is 0 Å². The van der Waals surface area contributed by atoms with Gasteiger partial charge in [-0.05, 0) is 61.3 Å². The number of rotatable bonds is 18. The van der Waals surface area contributed by atoms with Crippen molar-refractivity contribution in [1.82, 2.24) is 4.90 Å². The quantitative estimate of drug-likeness (QED) is 0.0853. The Bertz CT molecular complexity index is 1370. The Labute approximate surface area is 275 Å². The van der Waals surface area contributed by atoms with Crippen LogP contribution in [-0.4, -0.2) is 75.1 Å². The molecule has 9 nitrogen and oxygen atoms in total. The van der Waals surface area contributed by atoms with Crippen LogP contribution in [0.5, 0.6) is 5.75 Å². The maximum atomic E-state index is 10.3. The fourth-order valence-corrected chi connectivity index (χ4v) is 5.05. The topological polar surface area (TPSA) is 145 Å². The Morgan fingerprint density at radius 1 is 0.696 bits per heavy atom. The number of carboxylic acids is 3. The normalized spacial score (nSPS) is 11.7. The van der Waals surface area contributed by atoms with Crippen molar-refractivity contribution >= 4 is 40.1 Å². The van der Waals surface area contributed by atoms with Crippen LogP contribution in [0.15, 0.2) is 84.9 Å². The van der Waals surface area contributed by atoms with Crippen LogP contribution >= 0.6 is 11.6 Å². The van der Waals surface area contributed by atoms with Gasteiger partial charge in [-0.25, -0.2) is 4.79 Å². The summed E-state index contributed by atoms with van der Waals surface area (Å²) < 4.78 is 6.00. The molecule has 0 unspecified atom stereocenters. The molecule has 0 radical (unpaired) electrons. The summed E-state index contributed by atoms with van der Waals surface area (Å²) in [7, 11) is 0. The van der Waals surface area contributed by atoms with Gasteiger partial charge in [0.25, 0.3) is 0 Å². The second-order valence-electron chi connectivity index (χ2n) is 10.7. The lowest BCUT2D eigenvalue weighted by molar-refractivity contribution is -0.170. The Morgan fingerprint density at radius 3 is 1.65 bits per heavy atom. The summed E-state index contributed by atoms with van der Waals surface area (Å²) in [6.07, 6.45) is 2.56. The molecule has 0 amide bonds. The van der Waals surface area contributed by atoms with Crippen molar-refractivity contribution in [3.05, 3.63) is 102 Å². The molecule has 4 N–H and O–H groups in total. The van der Waals surface area contributed by atoms with Gasteiger partial charge in [-0.15, -0.1) is 0 Å². The standard InChI is InChI=1S/C30H36ClNO.C6H8O7/c1-3-32(4-2)23-13-5-6-14-24-33-28-21-19-26(20-22-28)29(25-15-9-7-10-16-25)30(31)27-17-11-8-12-18-27;7-3(8)1-6(13,5(11)12)2-4(9)10/h7-12,15-22H,3-6,13-14,23-24H2,1-2H3;13H,1-2H2,(H,7,8)(H,9,10)(H,11,12). The minimum absolute atomic E-state index is 0.750. The molecule has 3 aromatic rings. The highest BCUT2D eigenvalue weighted by Gasteiger charge is 2.40. The Hall–Kier alpha value is -4.18. The van der Waals surface area contributed by atoms with E-state index >= 15 is 0 Å². The fraction of sp³-hybridized carbons (Fsp3) is 0.361. The molecule has 0 saturated heterocycles. The molecule has 0 aliphatic rings. The lowest BCUT2D eigenvalue weighted by atomic mass is 9.95. The summed E-state index contributed by atoms with van der Waals surface area (Å²) in [5.41, 5.74) is 1.49. The largest absolute Gasteiger partial charge is 0.494 e. The van der Waals surface area contributed by atoms with Crippen LogP contribution in [0.25, 0.3) is 10.6 Å². The van der Waals surface area contributed by atoms with E-state index in [0.717, 1.165) is 59.2 Å². The zero-order chi connectivity index (χ0) is 34.0. The minimum atomic E-state index is -2.74. The molecule has 0 aromatic heterocycles. The van der Waals surface area contributed by atoms with E-state index in [4.69, 9.17) is 36.8 Å². The summed E-state index contributed by atoms with van der Waals surface area (Å²) in [5, 5.41) is 34.6. The molecule has 0 aliphatic heterocycles. The summed E-state index contributed by atoms with van der Waals surface area (Å²) in [4.78, 5) is 33.0. The number of unbranched alkanes of at least 4 members (excludes halogenated alkanes) is 3. The highest BCUT2D eigenvalue weighted by Crippen LogP contribution is 2.35. The van der Waals surface area contributed by atoms with Gasteiger partial charge in [0.15, 0.2) is 5.60 Å². The van der Waals surface area contributed by atoms with Gasteiger partial charge in [0.1, 0.15) is 5.75 Å². The number of hydrogen-bond donors (Lipinski definition) is 4. The van der Waals surface area contributed by atoms with Crippen LogP contribution in [0.3, 0.4) is 0 Å². The van der Waals surface area contributed by atoms with Crippen LogP contribution < -0.4 is 4.74 Å². The molecule has 10 heteroatoms. The number of carboxylic acid groups (broad SMARTS) is 3. The highest BCUT2D eigenvalue weighted by atomic mass is 35.5. The van der Waals surface area contributed by atoms with E-state index in [2.05, 4.69) is 43.0 Å². The van der Waals surface area contributed by atoms with E-state index in [-0.39, 0.29) is 0 Å². The van der Waals surface area contributed by atoms with Gasteiger partial charge in [0.05, 0.1) is 24.5 Å². The number of halogens is 1. The van der Waals surface area contributed by atoms with Crippen molar-refractivity contribution in [3.8, 4) is 5.75 Å². The Morgan fingerprint density at radius 2 is 1.17 bits per heavy atom. The predicted molar refractivity (Wildman–Crippen MR) is 180 cm³/mol. The monoisotopic (exact) mass is 653 g/mol. The second kappa shape index (κ2) is 20.0. The third-order valence-electron chi connectivity index (χ3n) is 7.27. The average molecular weight is 654 g/mol. The van der Waals surface area contributed by atoms with Crippen LogP contribution in [0.4, 0.5) is 0 Å². The van der Waals surface area contributed by atoms with Gasteiger partial charge in [-0.3, -0.25) is 9.59 Å². The van der Waals surface area contributed by atoms with Crippen molar-refractivity contribution < 1.29 is 39.5 Å². The van der Waals surface area contributed by atoms with Crippen molar-refractivity contribution in [2.24, 2.45) is 0 Å². The van der Waals surface area contributed by atoms with Crippen molar-refractivity contribution in [3.63, 3.8) is 0 Å². The van der Waals surface area contributed by atoms with Gasteiger partial charge >= 0.3 is 17.9 Å². The first-order valence-corrected chi connectivity index (χ1v) is 15.7. The zero-order valence-corrected chi connectivity index (χ0v) is 27.2. The summed E-state index contributed by atoms with van der Waals surface area (Å²) in [6, 6.07) is 28.8. The van der Waals surface area contributed by atoms with E-state index in [9.17, 15) is 14.4 Å². The number of carbonyl (C=O) groups is 3. The number of aliphatic hydroxyl groups is 1. The molecule has 0 saturated carbocycles. The maximum Gasteiger partial charge on any atom is 0.336 e. The molecule has 0 aliphatic carbocycles. The number of nitrogens with zero attached hydrogens (tertiary/aromatic N) is 1. The van der Waals surface area contributed by atoms with Crippen molar-refractivity contribution in [2.75, 3.05) is 26.2 Å². The van der Waals surface area contributed by atoms with Gasteiger partial charge in [-0.2, -0.15) is 0 Å². The van der Waals surface area contributed by atoms with E-state index < -0.39 is 36.4 Å². The number of aliphatic carboxylic acids is 3. The van der Waals surface area contributed by atoms with Crippen LogP contribution in [0, 0.1) is 0 Å². The fourth-order valence-electron chi connectivity index (χ4n) is 4.71. The van der Waals surface area contributed by atoms with Crippen molar-refractivity contribution in [1.29, 1.82) is 0 Å². The van der Waals surface area contributed by atoms with Gasteiger partial charge in [0.2, 0.25) is 0 Å². The molecular formula is C36H44ClNO8. The molecule has 0 bridgehead atoms. The first-order chi connectivity index (χ1) is 22.0. The summed E-state index contributed by atoms with van der Waals surface area (Å²) in [5.74, 6) is -4.11. The molecule has 0 fully saturated rings. The lowest BCUT2D eigenvalue weighted by Gasteiger charge is -2.18. The Balaban J connectivity index is 0.000000479. The van der Waals surface area contributed by atoms with Crippen LogP contribution in [-0.2, 0) is 14.4 Å². The molecule has 248 valence electrons. The molecule has 0 atom stereocenters. The lowest BCUT2D eigenvalue weighted by Crippen LogP contribution is -2.42. The van der Waals surface area contributed by atoms with Crippen molar-refractivity contribution in [2.45, 2.75) is 58.0 Å². The molecular weight excluding hydrogens is 610 g/mol. The first kappa shape index (κ1) is 38.0. The third kappa shape index (κ3) is 13.0. The third-order valence-corrected chi connectivity index (χ3v) is 7.68. The minimum Gasteiger partial charge on any atom is -0.494 e. The Kier molecular flexibility index (Phi) is 16.6. The van der Waals surface area contributed by atoms with Crippen LogP contribution in [0.2, 0.25) is 0 Å². The average Bonchev–Trinajstić information content (AvgIpc) is 3.03. The number of benzene rings is 3. The van der Waals surface area contributed by atoms with Gasteiger partial charge in [0, 0.05) is 5.57 Å². The first-order valence-electron chi connectivity index (χ1n) is 15.4.